The van der Waals surface area contributed by atoms with E-state index in [0.717, 1.165) is 44.3 Å². The smallest absolute Gasteiger partial charge is 0.462 e. The minimum atomic E-state index is -5.80. The molecule has 19 nitrogen and oxygen atoms in total. The molecule has 1 unspecified atom stereocenters. The predicted molar refractivity (Wildman–Crippen MR) is 260 cm³/mol. The van der Waals surface area contributed by atoms with Crippen LogP contribution in [-0.2, 0) is 46.6 Å². The van der Waals surface area contributed by atoms with Gasteiger partial charge in [0.05, 0.1) is 31.0 Å². The molecule has 2 aliphatic rings. The van der Waals surface area contributed by atoms with Gasteiger partial charge in [-0.05, 0) is 70.6 Å². The van der Waals surface area contributed by atoms with E-state index < -0.39 is 120 Å². The second-order valence-corrected chi connectivity index (χ2v) is 20.2. The van der Waals surface area contributed by atoms with Crippen molar-refractivity contribution in [3.63, 3.8) is 0 Å². The molecule has 1 heterocycles. The van der Waals surface area contributed by atoms with Crippen LogP contribution in [0.4, 0.5) is 0 Å². The lowest BCUT2D eigenvalue weighted by Gasteiger charge is -2.38. The fourth-order valence-electron chi connectivity index (χ4n) is 7.66. The monoisotopic (exact) mass is 1030 g/mol. The van der Waals surface area contributed by atoms with E-state index in [1.54, 1.807) is 6.08 Å². The molecule has 2 bridgehead atoms. The lowest BCUT2D eigenvalue weighted by Crippen LogP contribution is -2.56. The highest BCUT2D eigenvalue weighted by Gasteiger charge is 2.51. The van der Waals surface area contributed by atoms with Crippen molar-refractivity contribution >= 4 is 33.4 Å². The number of carbonyl (C=O) groups excluding carboxylic acids is 3. The van der Waals surface area contributed by atoms with Crippen molar-refractivity contribution in [3.05, 3.63) is 72.9 Å². The van der Waals surface area contributed by atoms with Crippen molar-refractivity contribution < 1.29 is 91.9 Å². The first-order valence-electron chi connectivity index (χ1n) is 24.6. The number of ether oxygens (including phenoxy) is 2. The number of hydrogen-bond donors (Lipinski definition) is 9. The molecular formula is C49H80O19P2. The Labute approximate surface area is 412 Å². The van der Waals surface area contributed by atoms with Gasteiger partial charge >= 0.3 is 27.6 Å². The van der Waals surface area contributed by atoms with Crippen molar-refractivity contribution in [2.75, 3.05) is 13.2 Å². The first-order valence-corrected chi connectivity index (χ1v) is 27.6. The summed E-state index contributed by atoms with van der Waals surface area (Å²) in [6, 6.07) is 0. The van der Waals surface area contributed by atoms with Crippen LogP contribution < -0.4 is 0 Å². The van der Waals surface area contributed by atoms with E-state index in [2.05, 4.69) is 37.3 Å². The Kier molecular flexibility index (Phi) is 31.8. The fourth-order valence-corrected chi connectivity index (χ4v) is 9.19. The Bertz CT molecular complexity index is 1790. The molecule has 21 heteroatoms. The van der Waals surface area contributed by atoms with E-state index in [9.17, 15) is 68.8 Å². The molecule has 12 atom stereocenters. The summed E-state index contributed by atoms with van der Waals surface area (Å²) in [5, 5.41) is 68.2. The number of hydrogen-bond acceptors (Lipinski definition) is 16. The summed E-state index contributed by atoms with van der Waals surface area (Å²) >= 11 is 0. The Morgan fingerprint density at radius 2 is 1.44 bits per heavy atom. The molecule has 0 radical (unpaired) electrons. The van der Waals surface area contributed by atoms with Gasteiger partial charge in [-0.2, -0.15) is 0 Å². The number of Topliss-reactive ketones (excluding diaryl/α,β-unsaturated/α-hetero) is 1. The van der Waals surface area contributed by atoms with E-state index in [1.165, 1.54) is 25.3 Å². The van der Waals surface area contributed by atoms with Gasteiger partial charge in [-0.1, -0.05) is 119 Å². The van der Waals surface area contributed by atoms with E-state index in [0.29, 0.717) is 25.7 Å². The van der Waals surface area contributed by atoms with Crippen molar-refractivity contribution in [1.82, 2.24) is 0 Å². The number of allylic oxidation sites excluding steroid dienone is 10. The first kappa shape index (κ1) is 63.1. The summed E-state index contributed by atoms with van der Waals surface area (Å²) in [4.78, 5) is 70.4. The number of aliphatic hydroxyl groups excluding tert-OH is 6. The predicted octanol–water partition coefficient (Wildman–Crippen LogP) is 6.20. The van der Waals surface area contributed by atoms with Gasteiger partial charge < -0.3 is 54.8 Å². The molecule has 1 fully saturated rings. The highest BCUT2D eigenvalue weighted by molar-refractivity contribution is 7.47. The molecule has 1 aliphatic heterocycles. The van der Waals surface area contributed by atoms with Gasteiger partial charge in [-0.25, -0.2) is 9.13 Å². The van der Waals surface area contributed by atoms with Crippen LogP contribution in [0.5, 0.6) is 0 Å². The number of cyclic esters (lactones) is 1. The van der Waals surface area contributed by atoms with Crippen LogP contribution in [-0.4, -0.2) is 131 Å². The largest absolute Gasteiger partial charge is 0.472 e. The average molecular weight is 1040 g/mol. The zero-order valence-corrected chi connectivity index (χ0v) is 42.4. The molecule has 9 N–H and O–H groups in total. The summed E-state index contributed by atoms with van der Waals surface area (Å²) in [5.74, 6) is -5.78. The van der Waals surface area contributed by atoms with Gasteiger partial charge in [-0.3, -0.25) is 28.0 Å². The normalized spacial score (nSPS) is 30.7. The van der Waals surface area contributed by atoms with Gasteiger partial charge in [0, 0.05) is 31.1 Å². The Morgan fingerprint density at radius 1 is 0.829 bits per heavy atom. The molecule has 1 saturated carbocycles. The SMILES string of the molecule is CCCCC/C=C\C/C=C\C/C=C\C/C=C\CCCC(=O)O[C@@H]1COC(=O)CCC/C=C\C[C@H]2C(=O)C[C@@H](O)[C@H](/C=C/[C@@H](O)CCCCC)[C@@H](O)[C@@H](OP(=O)(O)O)[C@@H](OP(=O)(O)OC1)[C@H](O)[C@@H](O)[C@@H]2O. The molecule has 0 saturated heterocycles. The van der Waals surface area contributed by atoms with E-state index >= 15 is 0 Å². The molecule has 0 spiro atoms. The minimum Gasteiger partial charge on any atom is -0.462 e. The topological polar surface area (TPSA) is 314 Å². The van der Waals surface area contributed by atoms with Crippen LogP contribution >= 0.6 is 15.6 Å². The maximum atomic E-state index is 13.7. The second kappa shape index (κ2) is 35.2. The van der Waals surface area contributed by atoms with Crippen molar-refractivity contribution in [2.45, 2.75) is 191 Å². The van der Waals surface area contributed by atoms with Crippen LogP contribution in [0.25, 0.3) is 0 Å². The molecule has 400 valence electrons. The van der Waals surface area contributed by atoms with Crippen LogP contribution in [0.2, 0.25) is 0 Å². The second-order valence-electron chi connectivity index (χ2n) is 17.6. The fraction of sp³-hybridized carbons (Fsp3) is 0.694. The summed E-state index contributed by atoms with van der Waals surface area (Å²) in [7, 11) is -11.5. The number of rotatable bonds is 23. The minimum absolute atomic E-state index is 0.114. The van der Waals surface area contributed by atoms with Crippen LogP contribution in [0.1, 0.15) is 136 Å². The highest BCUT2D eigenvalue weighted by Crippen LogP contribution is 2.49. The van der Waals surface area contributed by atoms with Crippen molar-refractivity contribution in [3.8, 4) is 0 Å². The number of phosphoric acid groups is 2. The number of carbonyl (C=O) groups is 3. The number of esters is 2. The highest BCUT2D eigenvalue weighted by atomic mass is 31.2. The van der Waals surface area contributed by atoms with Crippen LogP contribution in [0.3, 0.4) is 0 Å². The van der Waals surface area contributed by atoms with Gasteiger partial charge in [0.15, 0.2) is 6.10 Å². The summed E-state index contributed by atoms with van der Waals surface area (Å²) in [6.45, 7) is 2.46. The van der Waals surface area contributed by atoms with Gasteiger partial charge in [0.25, 0.3) is 0 Å². The standard InChI is InChI=1S/C49H80O19P2/c1-3-5-7-8-9-10-11-12-13-14-15-16-17-18-19-20-26-30-43(54)66-37-34-64-42(53)29-25-22-21-24-28-38-40(51)33-41(52)39(32-31-36(50)27-23-6-4-2)45(56)48(67-69(59,60)61)49(47(58)46(57)44(38)55)68-70(62,63)65-35-37/h9-10,12-13,15-16,18-19,21,24,31-32,36-39,41,44-50,52,55-58H,3-8,11,14,17,20,22-23,25-30,33-35H2,1-2H3,(H,62,63)(H2,59,60,61)/b10-9-,13-12-,16-15-,19-18-,24-21-,32-31+/t36-,37+,38-,39-,41+,44+,45+,46-,47+,48+,49-/m0/s1. The molecular weight excluding hydrogens is 954 g/mol. The molecule has 70 heavy (non-hydrogen) atoms. The molecule has 0 amide bonds. The van der Waals surface area contributed by atoms with Crippen LogP contribution in [0.15, 0.2) is 72.9 Å². The number of phosphoric ester groups is 2. The summed E-state index contributed by atoms with van der Waals surface area (Å²) in [6.07, 6.45) is 11.4. The molecule has 2 rings (SSSR count). The molecule has 1 aliphatic carbocycles. The third-order valence-electron chi connectivity index (χ3n) is 11.6. The maximum Gasteiger partial charge on any atom is 0.472 e. The average Bonchev–Trinajstić information content (AvgIpc) is 3.30. The Balaban J connectivity index is 2.35. The lowest BCUT2D eigenvalue weighted by molar-refractivity contribution is -0.164. The van der Waals surface area contributed by atoms with E-state index in [4.69, 9.17) is 23.0 Å². The number of ketones is 1. The number of aliphatic hydroxyl groups is 6. The third kappa shape index (κ3) is 26.6. The zero-order valence-electron chi connectivity index (χ0n) is 40.6. The first-order chi connectivity index (χ1) is 33.3. The van der Waals surface area contributed by atoms with Gasteiger partial charge in [0.2, 0.25) is 0 Å². The maximum absolute atomic E-state index is 13.7. The van der Waals surface area contributed by atoms with Crippen LogP contribution in [0, 0.1) is 11.8 Å². The Hall–Kier alpha value is -2.97. The number of fused-ring (bicyclic) bond motifs is 4. The Morgan fingerprint density at radius 3 is 2.07 bits per heavy atom. The third-order valence-corrected chi connectivity index (χ3v) is 13.1. The zero-order chi connectivity index (χ0) is 52.0. The van der Waals surface area contributed by atoms with E-state index in [1.807, 2.05) is 25.2 Å². The van der Waals surface area contributed by atoms with Crippen molar-refractivity contribution in [2.24, 2.45) is 11.8 Å². The van der Waals surface area contributed by atoms with Gasteiger partial charge in [0.1, 0.15) is 36.8 Å². The molecule has 0 aromatic carbocycles. The lowest BCUT2D eigenvalue weighted by atomic mass is 9.84. The quantitative estimate of drug-likeness (QED) is 0.0238. The van der Waals surface area contributed by atoms with Gasteiger partial charge in [-0.15, -0.1) is 0 Å². The van der Waals surface area contributed by atoms with E-state index in [-0.39, 0.29) is 38.5 Å². The molecule has 0 aromatic heterocycles. The summed E-state index contributed by atoms with van der Waals surface area (Å²) < 4.78 is 52.1. The van der Waals surface area contributed by atoms with Crippen molar-refractivity contribution in [1.29, 1.82) is 0 Å². The number of unbranched alkanes of at least 4 members (excludes halogenated alkanes) is 6. The summed E-state index contributed by atoms with van der Waals surface area (Å²) in [5.41, 5.74) is 0. The molecule has 0 aromatic rings.